The third kappa shape index (κ3) is 3.97. The first-order chi connectivity index (χ1) is 8.40. The molecule has 96 valence electrons. The van der Waals surface area contributed by atoms with Gasteiger partial charge in [-0.1, -0.05) is 17.7 Å². The first-order valence-corrected chi connectivity index (χ1v) is 5.49. The maximum Gasteiger partial charge on any atom is 0.331 e. The van der Waals surface area contributed by atoms with Crippen LogP contribution in [0.4, 0.5) is 0 Å². The standard InChI is InChI=1S/C14H16O4/c1-9(2)3-5-11(14(17)18)7-10-4-6-12(15)13(16)8-10/h3-4,6-8,15-16H,5H2,1-2H3,(H,17,18). The summed E-state index contributed by atoms with van der Waals surface area (Å²) in [6, 6.07) is 4.18. The van der Waals surface area contributed by atoms with Crippen LogP contribution in [-0.4, -0.2) is 21.3 Å². The van der Waals surface area contributed by atoms with Gasteiger partial charge in [-0.2, -0.15) is 0 Å². The molecule has 0 aliphatic heterocycles. The predicted octanol–water partition coefficient (Wildman–Crippen LogP) is 2.92. The highest BCUT2D eigenvalue weighted by atomic mass is 16.4. The minimum Gasteiger partial charge on any atom is -0.504 e. The molecule has 0 heterocycles. The smallest absolute Gasteiger partial charge is 0.331 e. The van der Waals surface area contributed by atoms with Gasteiger partial charge in [0.2, 0.25) is 0 Å². The number of carbonyl (C=O) groups is 1. The van der Waals surface area contributed by atoms with Crippen LogP contribution < -0.4 is 0 Å². The van der Waals surface area contributed by atoms with E-state index in [1.54, 1.807) is 6.07 Å². The molecular weight excluding hydrogens is 232 g/mol. The average Bonchev–Trinajstić information content (AvgIpc) is 2.28. The highest BCUT2D eigenvalue weighted by Gasteiger charge is 2.07. The van der Waals surface area contributed by atoms with Crippen molar-refractivity contribution in [2.24, 2.45) is 0 Å². The third-order valence-electron chi connectivity index (χ3n) is 2.35. The topological polar surface area (TPSA) is 77.8 Å². The highest BCUT2D eigenvalue weighted by Crippen LogP contribution is 2.26. The van der Waals surface area contributed by atoms with E-state index >= 15 is 0 Å². The third-order valence-corrected chi connectivity index (χ3v) is 2.35. The number of rotatable bonds is 4. The summed E-state index contributed by atoms with van der Waals surface area (Å²) in [6.45, 7) is 3.79. The van der Waals surface area contributed by atoms with Crippen molar-refractivity contribution in [3.05, 3.63) is 41.0 Å². The van der Waals surface area contributed by atoms with Gasteiger partial charge >= 0.3 is 5.97 Å². The van der Waals surface area contributed by atoms with Crippen molar-refractivity contribution in [1.29, 1.82) is 0 Å². The number of hydrogen-bond donors (Lipinski definition) is 3. The number of aromatic hydroxyl groups is 2. The lowest BCUT2D eigenvalue weighted by Crippen LogP contribution is -1.99. The van der Waals surface area contributed by atoms with E-state index in [4.69, 9.17) is 10.2 Å². The second-order valence-corrected chi connectivity index (χ2v) is 4.21. The Morgan fingerprint density at radius 2 is 1.89 bits per heavy atom. The molecule has 0 atom stereocenters. The number of aliphatic carboxylic acids is 1. The van der Waals surface area contributed by atoms with E-state index < -0.39 is 5.97 Å². The summed E-state index contributed by atoms with van der Waals surface area (Å²) in [4.78, 5) is 11.1. The Morgan fingerprint density at radius 1 is 1.22 bits per heavy atom. The first-order valence-electron chi connectivity index (χ1n) is 5.49. The SMILES string of the molecule is CC(C)=CCC(=Cc1ccc(O)c(O)c1)C(=O)O. The van der Waals surface area contributed by atoms with E-state index in [0.29, 0.717) is 12.0 Å². The lowest BCUT2D eigenvalue weighted by atomic mass is 10.1. The lowest BCUT2D eigenvalue weighted by Gasteiger charge is -2.02. The minimum absolute atomic E-state index is 0.223. The van der Waals surface area contributed by atoms with Crippen LogP contribution >= 0.6 is 0 Å². The van der Waals surface area contributed by atoms with E-state index in [-0.39, 0.29) is 17.1 Å². The van der Waals surface area contributed by atoms with Crippen LogP contribution in [0.1, 0.15) is 25.8 Å². The van der Waals surface area contributed by atoms with Crippen LogP contribution in [-0.2, 0) is 4.79 Å². The lowest BCUT2D eigenvalue weighted by molar-refractivity contribution is -0.132. The molecule has 0 unspecified atom stereocenters. The summed E-state index contributed by atoms with van der Waals surface area (Å²) in [5, 5.41) is 27.6. The Bertz CT molecular complexity index is 509. The van der Waals surface area contributed by atoms with Gasteiger partial charge in [0.15, 0.2) is 11.5 Å². The predicted molar refractivity (Wildman–Crippen MR) is 69.4 cm³/mol. The Labute approximate surface area is 106 Å². The zero-order chi connectivity index (χ0) is 13.7. The molecule has 18 heavy (non-hydrogen) atoms. The molecular formula is C14H16O4. The van der Waals surface area contributed by atoms with E-state index in [2.05, 4.69) is 0 Å². The Kier molecular flexibility index (Phi) is 4.54. The molecule has 0 spiro atoms. The second kappa shape index (κ2) is 5.91. The molecule has 1 aromatic rings. The Balaban J connectivity index is 3.04. The summed E-state index contributed by atoms with van der Waals surface area (Å²) in [6.07, 6.45) is 3.61. The summed E-state index contributed by atoms with van der Waals surface area (Å²) in [5.74, 6) is -1.50. The number of carboxylic acids is 1. The van der Waals surface area contributed by atoms with Crippen LogP contribution in [0.15, 0.2) is 35.4 Å². The molecule has 0 radical (unpaired) electrons. The van der Waals surface area contributed by atoms with Crippen molar-refractivity contribution in [3.8, 4) is 11.5 Å². The van der Waals surface area contributed by atoms with Crippen molar-refractivity contribution in [2.75, 3.05) is 0 Å². The van der Waals surface area contributed by atoms with Gasteiger partial charge in [0.25, 0.3) is 0 Å². The zero-order valence-corrected chi connectivity index (χ0v) is 10.3. The largest absolute Gasteiger partial charge is 0.504 e. The molecule has 0 bridgehead atoms. The Hall–Kier alpha value is -2.23. The van der Waals surface area contributed by atoms with E-state index in [0.717, 1.165) is 5.57 Å². The van der Waals surface area contributed by atoms with Crippen molar-refractivity contribution >= 4 is 12.0 Å². The second-order valence-electron chi connectivity index (χ2n) is 4.21. The minimum atomic E-state index is -1.000. The summed E-state index contributed by atoms with van der Waals surface area (Å²) >= 11 is 0. The molecule has 1 rings (SSSR count). The van der Waals surface area contributed by atoms with Crippen molar-refractivity contribution < 1.29 is 20.1 Å². The normalized spacial score (nSPS) is 11.1. The molecule has 4 nitrogen and oxygen atoms in total. The molecule has 0 amide bonds. The summed E-state index contributed by atoms with van der Waals surface area (Å²) in [7, 11) is 0. The van der Waals surface area contributed by atoms with Gasteiger partial charge in [0.1, 0.15) is 0 Å². The van der Waals surface area contributed by atoms with Gasteiger partial charge in [-0.25, -0.2) is 4.79 Å². The molecule has 0 fully saturated rings. The van der Waals surface area contributed by atoms with E-state index in [1.165, 1.54) is 18.2 Å². The first kappa shape index (κ1) is 13.8. The number of phenolic OH excluding ortho intramolecular Hbond substituents is 2. The number of hydrogen-bond acceptors (Lipinski definition) is 3. The summed E-state index contributed by atoms with van der Waals surface area (Å²) in [5.41, 5.74) is 1.79. The van der Waals surface area contributed by atoms with Crippen LogP contribution in [0, 0.1) is 0 Å². The van der Waals surface area contributed by atoms with Gasteiger partial charge in [-0.15, -0.1) is 0 Å². The molecule has 4 heteroatoms. The fourth-order valence-corrected chi connectivity index (χ4v) is 1.35. The molecule has 0 saturated heterocycles. The van der Waals surface area contributed by atoms with Crippen molar-refractivity contribution in [1.82, 2.24) is 0 Å². The van der Waals surface area contributed by atoms with Crippen molar-refractivity contribution in [2.45, 2.75) is 20.3 Å². The fraction of sp³-hybridized carbons (Fsp3) is 0.214. The zero-order valence-electron chi connectivity index (χ0n) is 10.3. The van der Waals surface area contributed by atoms with Gasteiger partial charge in [0, 0.05) is 5.57 Å². The monoisotopic (exact) mass is 248 g/mol. The quantitative estimate of drug-likeness (QED) is 0.435. The van der Waals surface area contributed by atoms with Gasteiger partial charge in [0.05, 0.1) is 0 Å². The average molecular weight is 248 g/mol. The number of benzene rings is 1. The summed E-state index contributed by atoms with van der Waals surface area (Å²) < 4.78 is 0. The van der Waals surface area contributed by atoms with Crippen LogP contribution in [0.5, 0.6) is 11.5 Å². The fourth-order valence-electron chi connectivity index (χ4n) is 1.35. The van der Waals surface area contributed by atoms with E-state index in [1.807, 2.05) is 19.9 Å². The number of allylic oxidation sites excluding steroid dienone is 2. The van der Waals surface area contributed by atoms with Crippen LogP contribution in [0.3, 0.4) is 0 Å². The molecule has 0 saturated carbocycles. The molecule has 1 aromatic carbocycles. The molecule has 0 aromatic heterocycles. The van der Waals surface area contributed by atoms with Gasteiger partial charge in [-0.3, -0.25) is 0 Å². The Morgan fingerprint density at radius 3 is 2.39 bits per heavy atom. The van der Waals surface area contributed by atoms with Crippen molar-refractivity contribution in [3.63, 3.8) is 0 Å². The number of carboxylic acid groups (broad SMARTS) is 1. The maximum atomic E-state index is 11.1. The van der Waals surface area contributed by atoms with Gasteiger partial charge in [-0.05, 0) is 44.0 Å². The molecule has 0 aliphatic carbocycles. The number of phenols is 2. The molecule has 0 aliphatic rings. The maximum absolute atomic E-state index is 11.1. The van der Waals surface area contributed by atoms with E-state index in [9.17, 15) is 9.90 Å². The van der Waals surface area contributed by atoms with Crippen LogP contribution in [0.25, 0.3) is 6.08 Å². The molecule has 3 N–H and O–H groups in total. The highest BCUT2D eigenvalue weighted by molar-refractivity contribution is 5.92. The van der Waals surface area contributed by atoms with Gasteiger partial charge < -0.3 is 15.3 Å². The van der Waals surface area contributed by atoms with Crippen LogP contribution in [0.2, 0.25) is 0 Å².